The third-order valence-corrected chi connectivity index (χ3v) is 5.28. The van der Waals surface area contributed by atoms with Crippen molar-refractivity contribution in [2.75, 3.05) is 11.7 Å². The predicted molar refractivity (Wildman–Crippen MR) is 98.4 cm³/mol. The molecule has 0 aliphatic heterocycles. The van der Waals surface area contributed by atoms with E-state index in [1.807, 2.05) is 30.5 Å². The van der Waals surface area contributed by atoms with E-state index >= 15 is 0 Å². The Kier molecular flexibility index (Phi) is 4.54. The number of thiazole rings is 1. The largest absolute Gasteiger partial charge is 0.273 e. The van der Waals surface area contributed by atoms with E-state index in [4.69, 9.17) is 0 Å². The predicted octanol–water partition coefficient (Wildman–Crippen LogP) is 4.39. The summed E-state index contributed by atoms with van der Waals surface area (Å²) in [6.45, 7) is 4.13. The van der Waals surface area contributed by atoms with Crippen molar-refractivity contribution in [3.63, 3.8) is 0 Å². The number of aryl methyl sites for hydroxylation is 2. The van der Waals surface area contributed by atoms with Crippen LogP contribution in [-0.4, -0.2) is 17.1 Å². The summed E-state index contributed by atoms with van der Waals surface area (Å²) >= 11 is 3.15. The van der Waals surface area contributed by atoms with E-state index < -0.39 is 0 Å². The second-order valence-corrected chi connectivity index (χ2v) is 7.14. The molecule has 3 aromatic rings. The molecule has 0 saturated heterocycles. The number of nitrogens with zero attached hydrogens (tertiary/aromatic N) is 1. The maximum absolute atomic E-state index is 12.2. The number of thioether (sulfide) groups is 1. The maximum atomic E-state index is 12.2. The van der Waals surface area contributed by atoms with Gasteiger partial charge in [0.15, 0.2) is 0 Å². The number of benzene rings is 2. The molecule has 0 aliphatic rings. The zero-order valence-corrected chi connectivity index (χ0v) is 14.8. The summed E-state index contributed by atoms with van der Waals surface area (Å²) in [5.41, 5.74) is 9.59. The number of fused-ring (bicyclic) bond motifs is 1. The second-order valence-electron chi connectivity index (χ2n) is 5.26. The fourth-order valence-corrected chi connectivity index (χ4v) is 3.70. The van der Waals surface area contributed by atoms with Gasteiger partial charge in [-0.05, 0) is 55.5 Å². The van der Waals surface area contributed by atoms with Crippen LogP contribution in [-0.2, 0) is 0 Å². The minimum Gasteiger partial charge on any atom is -0.273 e. The molecule has 0 saturated carbocycles. The monoisotopic (exact) mass is 343 g/mol. The molecule has 1 amide bonds. The number of hydrogen-bond donors (Lipinski definition) is 2. The Morgan fingerprint density at radius 1 is 1.22 bits per heavy atom. The number of aromatic nitrogens is 1. The summed E-state index contributed by atoms with van der Waals surface area (Å²) in [7, 11) is 0. The summed E-state index contributed by atoms with van der Waals surface area (Å²) in [6.07, 6.45) is 1.99. The fraction of sp³-hybridized carbons (Fsp3) is 0.176. The molecule has 2 N–H and O–H groups in total. The highest BCUT2D eigenvalue weighted by molar-refractivity contribution is 7.98. The van der Waals surface area contributed by atoms with Crippen LogP contribution >= 0.6 is 23.1 Å². The van der Waals surface area contributed by atoms with Crippen molar-refractivity contribution < 1.29 is 4.79 Å². The van der Waals surface area contributed by atoms with Crippen molar-refractivity contribution in [1.82, 2.24) is 10.4 Å². The van der Waals surface area contributed by atoms with Crippen LogP contribution in [0.4, 0.5) is 5.13 Å². The summed E-state index contributed by atoms with van der Waals surface area (Å²) in [5.74, 6) is -0.173. The first-order valence-corrected chi connectivity index (χ1v) is 9.19. The lowest BCUT2D eigenvalue weighted by Crippen LogP contribution is -2.29. The zero-order chi connectivity index (χ0) is 16.4. The highest BCUT2D eigenvalue weighted by Gasteiger charge is 2.09. The van der Waals surface area contributed by atoms with E-state index in [2.05, 4.69) is 35.7 Å². The Morgan fingerprint density at radius 2 is 2.04 bits per heavy atom. The Balaban J connectivity index is 1.75. The number of rotatable bonds is 4. The molecule has 0 atom stereocenters. The first kappa shape index (κ1) is 15.8. The van der Waals surface area contributed by atoms with Crippen LogP contribution in [0.3, 0.4) is 0 Å². The third-order valence-electron chi connectivity index (χ3n) is 3.43. The van der Waals surface area contributed by atoms with Crippen LogP contribution in [0.2, 0.25) is 0 Å². The normalized spacial score (nSPS) is 10.7. The van der Waals surface area contributed by atoms with Gasteiger partial charge in [-0.3, -0.25) is 15.6 Å². The Bertz CT molecular complexity index is 873. The van der Waals surface area contributed by atoms with Crippen LogP contribution in [0.1, 0.15) is 21.5 Å². The third kappa shape index (κ3) is 3.48. The molecule has 0 fully saturated rings. The molecule has 0 bridgehead atoms. The Morgan fingerprint density at radius 3 is 2.83 bits per heavy atom. The van der Waals surface area contributed by atoms with Gasteiger partial charge in [-0.15, -0.1) is 11.8 Å². The van der Waals surface area contributed by atoms with E-state index in [0.29, 0.717) is 10.7 Å². The number of anilines is 1. The van der Waals surface area contributed by atoms with Gasteiger partial charge in [-0.2, -0.15) is 0 Å². The molecule has 1 heterocycles. The van der Waals surface area contributed by atoms with Gasteiger partial charge < -0.3 is 0 Å². The molecule has 0 radical (unpaired) electrons. The number of hydrogen-bond acceptors (Lipinski definition) is 5. The van der Waals surface area contributed by atoms with Gasteiger partial charge >= 0.3 is 0 Å². The number of hydrazine groups is 1. The van der Waals surface area contributed by atoms with Gasteiger partial charge in [0, 0.05) is 10.5 Å². The minimum absolute atomic E-state index is 0.173. The molecule has 23 heavy (non-hydrogen) atoms. The molecule has 6 heteroatoms. The molecule has 0 spiro atoms. The lowest BCUT2D eigenvalue weighted by Gasteiger charge is -2.06. The standard InChI is InChI=1S/C17H17N3OS2/c1-10-7-11(2)15-14(8-10)18-17(23-15)20-19-16(21)12-5-4-6-13(9-12)22-3/h4-9H,1-3H3,(H,18,20)(H,19,21). The molecule has 118 valence electrons. The van der Waals surface area contributed by atoms with E-state index in [1.54, 1.807) is 17.8 Å². The maximum Gasteiger partial charge on any atom is 0.269 e. The fourth-order valence-electron chi connectivity index (χ4n) is 2.38. The summed E-state index contributed by atoms with van der Waals surface area (Å²) in [5, 5.41) is 0.683. The molecule has 0 unspecified atom stereocenters. The molecular weight excluding hydrogens is 326 g/mol. The second kappa shape index (κ2) is 6.60. The topological polar surface area (TPSA) is 54.0 Å². The van der Waals surface area contributed by atoms with E-state index in [0.717, 1.165) is 15.1 Å². The quantitative estimate of drug-likeness (QED) is 0.545. The smallest absolute Gasteiger partial charge is 0.269 e. The van der Waals surface area contributed by atoms with Crippen molar-refractivity contribution in [3.8, 4) is 0 Å². The van der Waals surface area contributed by atoms with Gasteiger partial charge in [0.1, 0.15) is 0 Å². The van der Waals surface area contributed by atoms with E-state index in [1.165, 1.54) is 22.5 Å². The number of nitrogens with one attached hydrogen (secondary N) is 2. The van der Waals surface area contributed by atoms with Crippen molar-refractivity contribution in [1.29, 1.82) is 0 Å². The van der Waals surface area contributed by atoms with Gasteiger partial charge in [0.25, 0.3) is 5.91 Å². The van der Waals surface area contributed by atoms with E-state index in [-0.39, 0.29) is 5.91 Å². The van der Waals surface area contributed by atoms with Crippen molar-refractivity contribution in [3.05, 3.63) is 53.1 Å². The van der Waals surface area contributed by atoms with Crippen LogP contribution < -0.4 is 10.9 Å². The van der Waals surface area contributed by atoms with Crippen LogP contribution in [0.5, 0.6) is 0 Å². The number of carbonyl (C=O) groups excluding carboxylic acids is 1. The molecule has 3 rings (SSSR count). The molecule has 1 aromatic heterocycles. The number of carbonyl (C=O) groups is 1. The Hall–Kier alpha value is -2.05. The van der Waals surface area contributed by atoms with Crippen molar-refractivity contribution in [2.45, 2.75) is 18.7 Å². The summed E-state index contributed by atoms with van der Waals surface area (Å²) < 4.78 is 1.14. The molecule has 0 aliphatic carbocycles. The van der Waals surface area contributed by atoms with Crippen molar-refractivity contribution >= 4 is 44.4 Å². The van der Waals surface area contributed by atoms with Gasteiger partial charge in [-0.1, -0.05) is 23.5 Å². The average molecular weight is 343 g/mol. The van der Waals surface area contributed by atoms with Crippen LogP contribution in [0, 0.1) is 13.8 Å². The SMILES string of the molecule is CSc1cccc(C(=O)NNc2nc3cc(C)cc(C)c3s2)c1. The molecular formula is C17H17N3OS2. The van der Waals surface area contributed by atoms with Gasteiger partial charge in [0.05, 0.1) is 10.2 Å². The lowest BCUT2D eigenvalue weighted by molar-refractivity contribution is 0.0962. The van der Waals surface area contributed by atoms with Gasteiger partial charge in [-0.25, -0.2) is 4.98 Å². The lowest BCUT2D eigenvalue weighted by atomic mass is 10.1. The van der Waals surface area contributed by atoms with Gasteiger partial charge in [0.2, 0.25) is 5.13 Å². The van der Waals surface area contributed by atoms with Crippen molar-refractivity contribution in [2.24, 2.45) is 0 Å². The summed E-state index contributed by atoms with van der Waals surface area (Å²) in [4.78, 5) is 17.8. The first-order chi connectivity index (χ1) is 11.1. The minimum atomic E-state index is -0.173. The first-order valence-electron chi connectivity index (χ1n) is 7.15. The zero-order valence-electron chi connectivity index (χ0n) is 13.1. The molecule has 2 aromatic carbocycles. The Labute approximate surface area is 143 Å². The highest BCUT2D eigenvalue weighted by Crippen LogP contribution is 2.29. The highest BCUT2D eigenvalue weighted by atomic mass is 32.2. The van der Waals surface area contributed by atoms with E-state index in [9.17, 15) is 4.79 Å². The molecule has 4 nitrogen and oxygen atoms in total. The average Bonchev–Trinajstić information content (AvgIpc) is 2.96. The number of amides is 1. The summed E-state index contributed by atoms with van der Waals surface area (Å²) in [6, 6.07) is 11.7. The van der Waals surface area contributed by atoms with Crippen LogP contribution in [0.15, 0.2) is 41.3 Å². The van der Waals surface area contributed by atoms with Crippen LogP contribution in [0.25, 0.3) is 10.2 Å².